The third-order valence-corrected chi connectivity index (χ3v) is 3.11. The van der Waals surface area contributed by atoms with Gasteiger partial charge in [0.2, 0.25) is 11.8 Å². The van der Waals surface area contributed by atoms with Crippen molar-refractivity contribution in [2.45, 2.75) is 51.1 Å². The Morgan fingerprint density at radius 1 is 1.47 bits per heavy atom. The van der Waals surface area contributed by atoms with Crippen molar-refractivity contribution < 1.29 is 9.59 Å². The lowest BCUT2D eigenvalue weighted by atomic mass is 9.99. The smallest absolute Gasteiger partial charge is 0.242 e. The van der Waals surface area contributed by atoms with E-state index >= 15 is 0 Å². The van der Waals surface area contributed by atoms with Gasteiger partial charge in [0.15, 0.2) is 0 Å². The van der Waals surface area contributed by atoms with E-state index in [0.29, 0.717) is 19.4 Å². The van der Waals surface area contributed by atoms with Crippen LogP contribution in [-0.2, 0) is 9.59 Å². The molecule has 0 saturated carbocycles. The molecule has 1 fully saturated rings. The van der Waals surface area contributed by atoms with Crippen LogP contribution in [0.3, 0.4) is 0 Å². The second-order valence-corrected chi connectivity index (χ2v) is 5.35. The maximum atomic E-state index is 12.0. The highest BCUT2D eigenvalue weighted by Crippen LogP contribution is 2.20. The van der Waals surface area contributed by atoms with Gasteiger partial charge in [-0.2, -0.15) is 0 Å². The highest BCUT2D eigenvalue weighted by Gasteiger charge is 2.33. The molecular weight excluding hydrogens is 218 g/mol. The lowest BCUT2D eigenvalue weighted by molar-refractivity contribution is -0.138. The second kappa shape index (κ2) is 5.49. The summed E-state index contributed by atoms with van der Waals surface area (Å²) >= 11 is 0. The SMILES string of the molecule is CNC(=O)C1CCCN1C(=O)CCC(C)(C)N. The number of nitrogens with one attached hydrogen (secondary N) is 1. The number of hydrogen-bond acceptors (Lipinski definition) is 3. The molecule has 1 heterocycles. The summed E-state index contributed by atoms with van der Waals surface area (Å²) in [5.74, 6) is -0.0301. The van der Waals surface area contributed by atoms with E-state index in [1.807, 2.05) is 13.8 Å². The Balaban J connectivity index is 2.53. The molecule has 0 bridgehead atoms. The van der Waals surface area contributed by atoms with Crippen LogP contribution in [0.5, 0.6) is 0 Å². The summed E-state index contributed by atoms with van der Waals surface area (Å²) < 4.78 is 0. The third-order valence-electron chi connectivity index (χ3n) is 3.11. The third kappa shape index (κ3) is 4.00. The minimum absolute atomic E-state index is 0.0367. The van der Waals surface area contributed by atoms with Crippen LogP contribution in [0, 0.1) is 0 Å². The molecule has 1 atom stereocenters. The summed E-state index contributed by atoms with van der Waals surface area (Å²) in [6.07, 6.45) is 2.72. The van der Waals surface area contributed by atoms with E-state index in [9.17, 15) is 9.59 Å². The fraction of sp³-hybridized carbons (Fsp3) is 0.833. The van der Waals surface area contributed by atoms with Gasteiger partial charge in [0.1, 0.15) is 6.04 Å². The van der Waals surface area contributed by atoms with Crippen molar-refractivity contribution >= 4 is 11.8 Å². The molecular formula is C12H23N3O2. The number of rotatable bonds is 4. The Kier molecular flexibility index (Phi) is 4.51. The molecule has 0 radical (unpaired) electrons. The van der Waals surface area contributed by atoms with Gasteiger partial charge in [-0.05, 0) is 33.1 Å². The molecule has 17 heavy (non-hydrogen) atoms. The van der Waals surface area contributed by atoms with Crippen molar-refractivity contribution in [3.63, 3.8) is 0 Å². The Labute approximate surface area is 103 Å². The van der Waals surface area contributed by atoms with Crippen LogP contribution in [0.4, 0.5) is 0 Å². The molecule has 0 aromatic carbocycles. The van der Waals surface area contributed by atoms with Crippen LogP contribution in [0.1, 0.15) is 39.5 Å². The summed E-state index contributed by atoms with van der Waals surface area (Å²) in [5.41, 5.74) is 5.52. The predicted octanol–water partition coefficient (Wildman–Crippen LogP) is 0.241. The number of nitrogens with zero attached hydrogens (tertiary/aromatic N) is 1. The number of nitrogens with two attached hydrogens (primary N) is 1. The van der Waals surface area contributed by atoms with Gasteiger partial charge in [0.25, 0.3) is 0 Å². The van der Waals surface area contributed by atoms with Crippen LogP contribution in [-0.4, -0.2) is 41.9 Å². The average molecular weight is 241 g/mol. The van der Waals surface area contributed by atoms with Crippen LogP contribution < -0.4 is 11.1 Å². The molecule has 5 heteroatoms. The van der Waals surface area contributed by atoms with Crippen LogP contribution >= 0.6 is 0 Å². The van der Waals surface area contributed by atoms with E-state index in [1.165, 1.54) is 0 Å². The van der Waals surface area contributed by atoms with Gasteiger partial charge in [-0.1, -0.05) is 0 Å². The summed E-state index contributed by atoms with van der Waals surface area (Å²) in [4.78, 5) is 25.3. The first kappa shape index (κ1) is 14.0. The van der Waals surface area contributed by atoms with Crippen molar-refractivity contribution in [1.29, 1.82) is 0 Å². The van der Waals surface area contributed by atoms with E-state index in [1.54, 1.807) is 11.9 Å². The topological polar surface area (TPSA) is 75.4 Å². The zero-order valence-electron chi connectivity index (χ0n) is 11.0. The molecule has 0 spiro atoms. The first-order valence-corrected chi connectivity index (χ1v) is 6.15. The van der Waals surface area contributed by atoms with Gasteiger partial charge in [-0.25, -0.2) is 0 Å². The Morgan fingerprint density at radius 3 is 2.65 bits per heavy atom. The summed E-state index contributed by atoms with van der Waals surface area (Å²) in [6, 6.07) is -0.284. The minimum atomic E-state index is -0.335. The fourth-order valence-corrected chi connectivity index (χ4v) is 2.08. The molecule has 5 nitrogen and oxygen atoms in total. The molecule has 3 N–H and O–H groups in total. The largest absolute Gasteiger partial charge is 0.357 e. The predicted molar refractivity (Wildman–Crippen MR) is 66.3 cm³/mol. The molecule has 1 aliphatic rings. The summed E-state index contributed by atoms with van der Waals surface area (Å²) in [6.45, 7) is 4.49. The highest BCUT2D eigenvalue weighted by molar-refractivity contribution is 5.88. The normalized spacial score (nSPS) is 20.5. The van der Waals surface area contributed by atoms with E-state index in [2.05, 4.69) is 5.32 Å². The van der Waals surface area contributed by atoms with Crippen molar-refractivity contribution in [1.82, 2.24) is 10.2 Å². The molecule has 1 saturated heterocycles. The van der Waals surface area contributed by atoms with E-state index in [0.717, 1.165) is 12.8 Å². The number of hydrogen-bond donors (Lipinski definition) is 2. The maximum Gasteiger partial charge on any atom is 0.242 e. The van der Waals surface area contributed by atoms with Gasteiger partial charge in [-0.3, -0.25) is 9.59 Å². The zero-order chi connectivity index (χ0) is 13.1. The van der Waals surface area contributed by atoms with E-state index < -0.39 is 0 Å². The zero-order valence-corrected chi connectivity index (χ0v) is 11.0. The summed E-state index contributed by atoms with van der Waals surface area (Å²) in [7, 11) is 1.60. The number of carbonyl (C=O) groups excluding carboxylic acids is 2. The quantitative estimate of drug-likeness (QED) is 0.740. The number of amides is 2. The molecule has 2 amide bonds. The number of likely N-dealkylation sites (N-methyl/N-ethyl adjacent to an activating group) is 1. The first-order valence-electron chi connectivity index (χ1n) is 6.15. The van der Waals surface area contributed by atoms with Crippen molar-refractivity contribution in [2.75, 3.05) is 13.6 Å². The molecule has 98 valence electrons. The monoisotopic (exact) mass is 241 g/mol. The van der Waals surface area contributed by atoms with Gasteiger partial charge >= 0.3 is 0 Å². The van der Waals surface area contributed by atoms with Gasteiger partial charge in [-0.15, -0.1) is 0 Å². The molecule has 1 aliphatic heterocycles. The van der Waals surface area contributed by atoms with E-state index in [4.69, 9.17) is 5.73 Å². The molecule has 0 aromatic rings. The lowest BCUT2D eigenvalue weighted by Crippen LogP contribution is -2.45. The van der Waals surface area contributed by atoms with Crippen molar-refractivity contribution in [3.05, 3.63) is 0 Å². The number of carbonyl (C=O) groups is 2. The standard InChI is InChI=1S/C12H23N3O2/c1-12(2,13)7-6-10(16)15-8-4-5-9(15)11(17)14-3/h9H,4-8,13H2,1-3H3,(H,14,17). The summed E-state index contributed by atoms with van der Waals surface area (Å²) in [5, 5.41) is 2.61. The van der Waals surface area contributed by atoms with Crippen LogP contribution in [0.25, 0.3) is 0 Å². The molecule has 1 unspecified atom stereocenters. The molecule has 1 rings (SSSR count). The average Bonchev–Trinajstić information content (AvgIpc) is 2.72. The van der Waals surface area contributed by atoms with Gasteiger partial charge in [0, 0.05) is 25.6 Å². The lowest BCUT2D eigenvalue weighted by Gasteiger charge is -2.25. The first-order chi connectivity index (χ1) is 7.85. The molecule has 0 aliphatic carbocycles. The second-order valence-electron chi connectivity index (χ2n) is 5.35. The fourth-order valence-electron chi connectivity index (χ4n) is 2.08. The highest BCUT2D eigenvalue weighted by atomic mass is 16.2. The maximum absolute atomic E-state index is 12.0. The van der Waals surface area contributed by atoms with Crippen LogP contribution in [0.15, 0.2) is 0 Å². The Bertz CT molecular complexity index is 297. The van der Waals surface area contributed by atoms with Gasteiger partial charge < -0.3 is 16.0 Å². The van der Waals surface area contributed by atoms with Crippen LogP contribution in [0.2, 0.25) is 0 Å². The minimum Gasteiger partial charge on any atom is -0.357 e. The molecule has 0 aromatic heterocycles. The van der Waals surface area contributed by atoms with Crippen molar-refractivity contribution in [3.8, 4) is 0 Å². The number of likely N-dealkylation sites (tertiary alicyclic amines) is 1. The van der Waals surface area contributed by atoms with Gasteiger partial charge in [0.05, 0.1) is 0 Å². The Morgan fingerprint density at radius 2 is 2.12 bits per heavy atom. The Hall–Kier alpha value is -1.10. The van der Waals surface area contributed by atoms with Crippen molar-refractivity contribution in [2.24, 2.45) is 5.73 Å². The van der Waals surface area contributed by atoms with E-state index in [-0.39, 0.29) is 23.4 Å².